The summed E-state index contributed by atoms with van der Waals surface area (Å²) in [6, 6.07) is 17.0. The van der Waals surface area contributed by atoms with Gasteiger partial charge in [-0.05, 0) is 56.0 Å². The van der Waals surface area contributed by atoms with Gasteiger partial charge in [0.05, 0.1) is 6.54 Å². The van der Waals surface area contributed by atoms with Crippen molar-refractivity contribution in [1.29, 1.82) is 0 Å². The van der Waals surface area contributed by atoms with Crippen LogP contribution < -0.4 is 4.90 Å². The fraction of sp³-hybridized carbons (Fsp3) is 0.370. The number of fused-ring (bicyclic) bond motifs is 1. The number of anilines is 1. The summed E-state index contributed by atoms with van der Waals surface area (Å²) in [7, 11) is 0. The molecular formula is C27H29FN4O. The summed E-state index contributed by atoms with van der Waals surface area (Å²) in [5.74, 6) is 1.54. The number of carbonyl (C=O) groups excluding carboxylic acids is 1. The number of rotatable bonds is 6. The summed E-state index contributed by atoms with van der Waals surface area (Å²) < 4.78 is 13.7. The zero-order valence-electron chi connectivity index (χ0n) is 19.0. The number of halogens is 1. The van der Waals surface area contributed by atoms with E-state index in [1.807, 2.05) is 19.1 Å². The molecule has 0 radical (unpaired) electrons. The third-order valence-corrected chi connectivity index (χ3v) is 6.78. The van der Waals surface area contributed by atoms with Crippen LogP contribution in [0.1, 0.15) is 47.0 Å². The van der Waals surface area contributed by atoms with Crippen molar-refractivity contribution in [2.75, 3.05) is 24.5 Å². The molecule has 2 aliphatic rings. The molecule has 0 spiro atoms. The zero-order valence-corrected chi connectivity index (χ0v) is 19.0. The summed E-state index contributed by atoms with van der Waals surface area (Å²) >= 11 is 0. The van der Waals surface area contributed by atoms with Crippen LogP contribution in [-0.2, 0) is 24.2 Å². The molecule has 0 aliphatic carbocycles. The molecule has 2 aliphatic heterocycles. The van der Waals surface area contributed by atoms with Gasteiger partial charge in [0.1, 0.15) is 17.5 Å². The summed E-state index contributed by atoms with van der Waals surface area (Å²) in [5, 5.41) is 0. The Labute approximate surface area is 194 Å². The number of aryl methyl sites for hydroxylation is 1. The van der Waals surface area contributed by atoms with Crippen LogP contribution in [0.3, 0.4) is 0 Å². The summed E-state index contributed by atoms with van der Waals surface area (Å²) in [6.45, 7) is 5.33. The average molecular weight is 445 g/mol. The van der Waals surface area contributed by atoms with Gasteiger partial charge in [-0.3, -0.25) is 9.69 Å². The second-order valence-corrected chi connectivity index (χ2v) is 9.10. The Bertz CT molecular complexity index is 1150. The first kappa shape index (κ1) is 21.7. The minimum absolute atomic E-state index is 0.0340. The molecule has 6 heteroatoms. The fourth-order valence-corrected chi connectivity index (χ4v) is 4.94. The molecule has 0 saturated carbocycles. The smallest absolute Gasteiger partial charge is 0.228 e. The second kappa shape index (κ2) is 9.40. The van der Waals surface area contributed by atoms with Crippen LogP contribution in [0.2, 0.25) is 0 Å². The van der Waals surface area contributed by atoms with Crippen LogP contribution in [-0.4, -0.2) is 40.4 Å². The lowest BCUT2D eigenvalue weighted by atomic mass is 10.0. The van der Waals surface area contributed by atoms with E-state index in [4.69, 9.17) is 9.97 Å². The van der Waals surface area contributed by atoms with Crippen molar-refractivity contribution in [3.05, 3.63) is 88.6 Å². The molecule has 3 aromatic rings. The van der Waals surface area contributed by atoms with Gasteiger partial charge in [0, 0.05) is 36.7 Å². The minimum Gasteiger partial charge on any atom is -0.302 e. The Morgan fingerprint density at radius 2 is 1.85 bits per heavy atom. The topological polar surface area (TPSA) is 49.3 Å². The minimum atomic E-state index is -0.293. The highest BCUT2D eigenvalue weighted by Crippen LogP contribution is 2.33. The van der Waals surface area contributed by atoms with Crippen molar-refractivity contribution in [1.82, 2.24) is 14.9 Å². The van der Waals surface area contributed by atoms with E-state index in [0.29, 0.717) is 25.2 Å². The Morgan fingerprint density at radius 1 is 1.03 bits per heavy atom. The van der Waals surface area contributed by atoms with Gasteiger partial charge >= 0.3 is 0 Å². The van der Waals surface area contributed by atoms with Gasteiger partial charge in [0.25, 0.3) is 0 Å². The molecule has 0 unspecified atom stereocenters. The maximum absolute atomic E-state index is 13.7. The van der Waals surface area contributed by atoms with Crippen LogP contribution in [0.25, 0.3) is 0 Å². The highest BCUT2D eigenvalue weighted by Gasteiger charge is 2.31. The van der Waals surface area contributed by atoms with Crippen molar-refractivity contribution in [2.45, 2.75) is 45.1 Å². The van der Waals surface area contributed by atoms with E-state index in [2.05, 4.69) is 29.2 Å². The molecule has 1 saturated heterocycles. The van der Waals surface area contributed by atoms with Crippen molar-refractivity contribution in [3.63, 3.8) is 0 Å². The molecule has 5 rings (SSSR count). The third-order valence-electron chi connectivity index (χ3n) is 6.78. The summed E-state index contributed by atoms with van der Waals surface area (Å²) in [4.78, 5) is 26.8. The van der Waals surface area contributed by atoms with Crippen LogP contribution >= 0.6 is 0 Å². The number of carbonyl (C=O) groups is 1. The molecule has 1 fully saturated rings. The first-order valence-corrected chi connectivity index (χ1v) is 11.8. The lowest BCUT2D eigenvalue weighted by molar-refractivity contribution is -0.119. The number of hydrogen-bond donors (Lipinski definition) is 0. The molecule has 1 atom stereocenters. The number of likely N-dealkylation sites (tertiary alicyclic amines) is 1. The van der Waals surface area contributed by atoms with Crippen LogP contribution in [0.4, 0.5) is 10.2 Å². The summed E-state index contributed by atoms with van der Waals surface area (Å²) in [5.41, 5.74) is 4.11. The lowest BCUT2D eigenvalue weighted by Gasteiger charge is -2.30. The SMILES string of the molecule is Cc1nc([C@@H]2CCN(CCc3ccccc3)C2)nc2c1CCC(=O)N2Cc1cccc(F)c1. The molecule has 0 bridgehead atoms. The van der Waals surface area contributed by atoms with Gasteiger partial charge in [-0.2, -0.15) is 0 Å². The van der Waals surface area contributed by atoms with E-state index < -0.39 is 0 Å². The predicted octanol–water partition coefficient (Wildman–Crippen LogP) is 4.44. The van der Waals surface area contributed by atoms with Gasteiger partial charge < -0.3 is 4.90 Å². The van der Waals surface area contributed by atoms with Gasteiger partial charge in [0.15, 0.2) is 0 Å². The zero-order chi connectivity index (χ0) is 22.8. The molecule has 1 aromatic heterocycles. The standard InChI is InChI=1S/C27H29FN4O/c1-19-24-10-11-25(33)32(17-21-8-5-9-23(28)16-21)27(24)30-26(29-19)22-13-15-31(18-22)14-12-20-6-3-2-4-7-20/h2-9,16,22H,10-15,17-18H2,1H3/t22-/m1/s1. The maximum Gasteiger partial charge on any atom is 0.228 e. The monoisotopic (exact) mass is 444 g/mol. The molecule has 3 heterocycles. The molecule has 0 N–H and O–H groups in total. The van der Waals surface area contributed by atoms with E-state index >= 15 is 0 Å². The number of benzene rings is 2. The molecular weight excluding hydrogens is 415 g/mol. The van der Waals surface area contributed by atoms with Gasteiger partial charge in [-0.15, -0.1) is 0 Å². The number of hydrogen-bond acceptors (Lipinski definition) is 4. The second-order valence-electron chi connectivity index (χ2n) is 9.10. The van der Waals surface area contributed by atoms with Crippen molar-refractivity contribution >= 4 is 11.7 Å². The summed E-state index contributed by atoms with van der Waals surface area (Å²) in [6.07, 6.45) is 3.15. The first-order chi connectivity index (χ1) is 16.1. The van der Waals surface area contributed by atoms with Gasteiger partial charge in [-0.1, -0.05) is 42.5 Å². The van der Waals surface area contributed by atoms with Crippen LogP contribution in [0.15, 0.2) is 54.6 Å². The number of nitrogens with zero attached hydrogens (tertiary/aromatic N) is 4. The van der Waals surface area contributed by atoms with Gasteiger partial charge in [-0.25, -0.2) is 14.4 Å². The average Bonchev–Trinajstić information content (AvgIpc) is 3.29. The molecule has 33 heavy (non-hydrogen) atoms. The Morgan fingerprint density at radius 3 is 2.67 bits per heavy atom. The largest absolute Gasteiger partial charge is 0.302 e. The quantitative estimate of drug-likeness (QED) is 0.564. The normalized spacial score (nSPS) is 18.5. The number of amides is 1. The van der Waals surface area contributed by atoms with E-state index in [9.17, 15) is 9.18 Å². The Kier molecular flexibility index (Phi) is 6.18. The van der Waals surface area contributed by atoms with Crippen molar-refractivity contribution in [2.24, 2.45) is 0 Å². The van der Waals surface area contributed by atoms with Crippen molar-refractivity contribution in [3.8, 4) is 0 Å². The van der Waals surface area contributed by atoms with Gasteiger partial charge in [0.2, 0.25) is 5.91 Å². The van der Waals surface area contributed by atoms with Crippen LogP contribution in [0, 0.1) is 12.7 Å². The van der Waals surface area contributed by atoms with E-state index in [-0.39, 0.29) is 17.6 Å². The molecule has 1 amide bonds. The predicted molar refractivity (Wildman–Crippen MR) is 127 cm³/mol. The lowest BCUT2D eigenvalue weighted by Crippen LogP contribution is -2.36. The van der Waals surface area contributed by atoms with Crippen LogP contribution in [0.5, 0.6) is 0 Å². The molecule has 2 aromatic carbocycles. The third kappa shape index (κ3) is 4.81. The molecule has 5 nitrogen and oxygen atoms in total. The van der Waals surface area contributed by atoms with Crippen molar-refractivity contribution < 1.29 is 9.18 Å². The van der Waals surface area contributed by atoms with E-state index in [0.717, 1.165) is 55.1 Å². The highest BCUT2D eigenvalue weighted by molar-refractivity contribution is 5.95. The van der Waals surface area contributed by atoms with E-state index in [1.165, 1.54) is 17.7 Å². The Hall–Kier alpha value is -3.12. The highest BCUT2D eigenvalue weighted by atomic mass is 19.1. The van der Waals surface area contributed by atoms with E-state index in [1.54, 1.807) is 11.0 Å². The maximum atomic E-state index is 13.7. The first-order valence-electron chi connectivity index (χ1n) is 11.8. The number of aromatic nitrogens is 2. The molecule has 170 valence electrons. The fourth-order valence-electron chi connectivity index (χ4n) is 4.94. The Balaban J connectivity index is 1.34.